The lowest BCUT2D eigenvalue weighted by atomic mass is 9.86. The topological polar surface area (TPSA) is 46.3 Å². The molecule has 19 heavy (non-hydrogen) atoms. The zero-order valence-electron chi connectivity index (χ0n) is 12.4. The first-order valence-electron chi connectivity index (χ1n) is 7.10. The van der Waals surface area contributed by atoms with Gasteiger partial charge in [-0.05, 0) is 32.3 Å². The molecule has 0 bridgehead atoms. The average molecular weight is 262 g/mol. The smallest absolute Gasteiger partial charge is 0.229 e. The highest BCUT2D eigenvalue weighted by Gasteiger charge is 2.32. The molecule has 1 aromatic rings. The van der Waals surface area contributed by atoms with E-state index in [-0.39, 0.29) is 5.91 Å². The van der Waals surface area contributed by atoms with Gasteiger partial charge in [0.1, 0.15) is 0 Å². The fraction of sp³-hybridized carbons (Fsp3) is 0.562. The van der Waals surface area contributed by atoms with Crippen LogP contribution in [-0.4, -0.2) is 30.4 Å². The van der Waals surface area contributed by atoms with Gasteiger partial charge in [-0.1, -0.05) is 37.3 Å². The summed E-state index contributed by atoms with van der Waals surface area (Å²) in [6.07, 6.45) is 1.68. The van der Waals surface area contributed by atoms with E-state index in [0.29, 0.717) is 6.54 Å². The zero-order valence-corrected chi connectivity index (χ0v) is 12.4. The average Bonchev–Trinajstić information content (AvgIpc) is 2.47. The Morgan fingerprint density at radius 3 is 2.37 bits per heavy atom. The Labute approximate surface area is 116 Å². The van der Waals surface area contributed by atoms with Crippen LogP contribution in [0, 0.1) is 5.41 Å². The van der Waals surface area contributed by atoms with Crippen molar-refractivity contribution in [1.29, 1.82) is 0 Å². The number of carbonyl (C=O) groups is 1. The molecule has 106 valence electrons. The Morgan fingerprint density at radius 1 is 1.26 bits per heavy atom. The minimum absolute atomic E-state index is 0.177. The predicted octanol–water partition coefficient (Wildman–Crippen LogP) is 2.45. The minimum Gasteiger partial charge on any atom is -0.342 e. The highest BCUT2D eigenvalue weighted by atomic mass is 16.2. The fourth-order valence-corrected chi connectivity index (χ4v) is 2.08. The van der Waals surface area contributed by atoms with E-state index in [1.165, 1.54) is 5.56 Å². The van der Waals surface area contributed by atoms with Gasteiger partial charge in [0, 0.05) is 19.6 Å². The van der Waals surface area contributed by atoms with E-state index in [1.54, 1.807) is 0 Å². The van der Waals surface area contributed by atoms with Crippen LogP contribution in [0.15, 0.2) is 30.3 Å². The summed E-state index contributed by atoms with van der Waals surface area (Å²) >= 11 is 0. The van der Waals surface area contributed by atoms with Crippen LogP contribution in [0.5, 0.6) is 0 Å². The molecule has 1 rings (SSSR count). The first-order valence-corrected chi connectivity index (χ1v) is 7.10. The summed E-state index contributed by atoms with van der Waals surface area (Å²) in [6.45, 7) is 7.91. The van der Waals surface area contributed by atoms with Gasteiger partial charge in [-0.25, -0.2) is 0 Å². The lowest BCUT2D eigenvalue weighted by Crippen LogP contribution is -2.46. The number of hydrogen-bond donors (Lipinski definition) is 1. The standard InChI is InChI=1S/C16H26N2O/c1-4-16(3,13-17)15(19)18(5-2)12-11-14-9-7-6-8-10-14/h6-10H,4-5,11-13,17H2,1-3H3. The van der Waals surface area contributed by atoms with E-state index in [2.05, 4.69) is 12.1 Å². The van der Waals surface area contributed by atoms with E-state index in [9.17, 15) is 4.79 Å². The Balaban J connectivity index is 2.65. The third-order valence-electron chi connectivity index (χ3n) is 3.93. The fourth-order valence-electron chi connectivity index (χ4n) is 2.08. The highest BCUT2D eigenvalue weighted by Crippen LogP contribution is 2.22. The summed E-state index contributed by atoms with van der Waals surface area (Å²) in [6, 6.07) is 10.3. The van der Waals surface area contributed by atoms with Gasteiger partial charge in [0.2, 0.25) is 5.91 Å². The second-order valence-corrected chi connectivity index (χ2v) is 5.24. The van der Waals surface area contributed by atoms with Gasteiger partial charge < -0.3 is 10.6 Å². The minimum atomic E-state index is -0.424. The van der Waals surface area contributed by atoms with Crippen LogP contribution in [0.2, 0.25) is 0 Å². The normalized spacial score (nSPS) is 13.9. The molecule has 0 spiro atoms. The van der Waals surface area contributed by atoms with Gasteiger partial charge in [-0.2, -0.15) is 0 Å². The summed E-state index contributed by atoms with van der Waals surface area (Å²) < 4.78 is 0. The Bertz CT molecular complexity index is 385. The molecule has 3 heteroatoms. The summed E-state index contributed by atoms with van der Waals surface area (Å²) in [5.74, 6) is 0.177. The molecule has 0 fully saturated rings. The summed E-state index contributed by atoms with van der Waals surface area (Å²) in [7, 11) is 0. The van der Waals surface area contributed by atoms with Crippen molar-refractivity contribution in [3.05, 3.63) is 35.9 Å². The monoisotopic (exact) mass is 262 g/mol. The van der Waals surface area contributed by atoms with Crippen molar-refractivity contribution < 1.29 is 4.79 Å². The maximum atomic E-state index is 12.5. The van der Waals surface area contributed by atoms with Crippen LogP contribution in [0.1, 0.15) is 32.8 Å². The lowest BCUT2D eigenvalue weighted by molar-refractivity contribution is -0.140. The number of nitrogens with zero attached hydrogens (tertiary/aromatic N) is 1. The second-order valence-electron chi connectivity index (χ2n) is 5.24. The Hall–Kier alpha value is -1.35. The number of rotatable bonds is 7. The van der Waals surface area contributed by atoms with E-state index in [1.807, 2.05) is 43.9 Å². The summed E-state index contributed by atoms with van der Waals surface area (Å²) in [4.78, 5) is 14.4. The number of benzene rings is 1. The van der Waals surface area contributed by atoms with Gasteiger partial charge in [0.05, 0.1) is 5.41 Å². The van der Waals surface area contributed by atoms with Crippen LogP contribution in [0.4, 0.5) is 0 Å². The molecule has 0 radical (unpaired) electrons. The van der Waals surface area contributed by atoms with Crippen molar-refractivity contribution in [2.75, 3.05) is 19.6 Å². The molecule has 0 aromatic heterocycles. The first-order chi connectivity index (χ1) is 9.07. The van der Waals surface area contributed by atoms with Gasteiger partial charge in [0.15, 0.2) is 0 Å². The third kappa shape index (κ3) is 4.06. The Morgan fingerprint density at radius 2 is 1.89 bits per heavy atom. The Kier molecular flexibility index (Phi) is 6.03. The lowest BCUT2D eigenvalue weighted by Gasteiger charge is -2.32. The van der Waals surface area contributed by atoms with E-state index in [0.717, 1.165) is 25.9 Å². The predicted molar refractivity (Wildman–Crippen MR) is 79.9 cm³/mol. The molecule has 3 nitrogen and oxygen atoms in total. The van der Waals surface area contributed by atoms with Gasteiger partial charge in [0.25, 0.3) is 0 Å². The zero-order chi connectivity index (χ0) is 14.3. The molecule has 0 aliphatic rings. The molecule has 0 heterocycles. The van der Waals surface area contributed by atoms with Crippen molar-refractivity contribution in [2.24, 2.45) is 11.1 Å². The van der Waals surface area contributed by atoms with Gasteiger partial charge in [-0.15, -0.1) is 0 Å². The van der Waals surface area contributed by atoms with Crippen molar-refractivity contribution in [3.8, 4) is 0 Å². The molecule has 0 aliphatic heterocycles. The SMILES string of the molecule is CCN(CCc1ccccc1)C(=O)C(C)(CC)CN. The molecule has 0 aliphatic carbocycles. The maximum Gasteiger partial charge on any atom is 0.229 e. The molecule has 0 saturated heterocycles. The van der Waals surface area contributed by atoms with Crippen molar-refractivity contribution in [3.63, 3.8) is 0 Å². The van der Waals surface area contributed by atoms with Crippen LogP contribution < -0.4 is 5.73 Å². The van der Waals surface area contributed by atoms with Crippen molar-refractivity contribution in [1.82, 2.24) is 4.90 Å². The maximum absolute atomic E-state index is 12.5. The van der Waals surface area contributed by atoms with Crippen LogP contribution >= 0.6 is 0 Å². The van der Waals surface area contributed by atoms with E-state index < -0.39 is 5.41 Å². The van der Waals surface area contributed by atoms with Crippen molar-refractivity contribution >= 4 is 5.91 Å². The quantitative estimate of drug-likeness (QED) is 0.820. The second kappa shape index (κ2) is 7.29. The highest BCUT2D eigenvalue weighted by molar-refractivity contribution is 5.82. The molecular weight excluding hydrogens is 236 g/mol. The number of likely N-dealkylation sites (N-methyl/N-ethyl adjacent to an activating group) is 1. The third-order valence-corrected chi connectivity index (χ3v) is 3.93. The van der Waals surface area contributed by atoms with Gasteiger partial charge in [-0.3, -0.25) is 4.79 Å². The number of carbonyl (C=O) groups excluding carboxylic acids is 1. The molecule has 1 aromatic carbocycles. The van der Waals surface area contributed by atoms with E-state index >= 15 is 0 Å². The van der Waals surface area contributed by atoms with Crippen LogP contribution in [-0.2, 0) is 11.2 Å². The van der Waals surface area contributed by atoms with Crippen molar-refractivity contribution in [2.45, 2.75) is 33.6 Å². The van der Waals surface area contributed by atoms with Crippen LogP contribution in [0.25, 0.3) is 0 Å². The number of nitrogens with two attached hydrogens (primary N) is 1. The summed E-state index contributed by atoms with van der Waals surface area (Å²) in [5.41, 5.74) is 6.61. The summed E-state index contributed by atoms with van der Waals surface area (Å²) in [5, 5.41) is 0. The molecule has 1 unspecified atom stereocenters. The largest absolute Gasteiger partial charge is 0.342 e. The first kappa shape index (κ1) is 15.7. The van der Waals surface area contributed by atoms with Crippen LogP contribution in [0.3, 0.4) is 0 Å². The number of amides is 1. The molecule has 1 amide bonds. The van der Waals surface area contributed by atoms with Gasteiger partial charge >= 0.3 is 0 Å². The molecule has 0 saturated carbocycles. The number of hydrogen-bond acceptors (Lipinski definition) is 2. The molecule has 1 atom stereocenters. The molecule has 2 N–H and O–H groups in total. The van der Waals surface area contributed by atoms with E-state index in [4.69, 9.17) is 5.73 Å². The molecular formula is C16H26N2O.